The van der Waals surface area contributed by atoms with Gasteiger partial charge in [0.15, 0.2) is 0 Å². The van der Waals surface area contributed by atoms with E-state index in [-0.39, 0.29) is 12.6 Å². The SMILES string of the molecule is CCCCCCCCCCCCCOCCOCCOCCOCCOCCOCCOC(=O)c1ccc(NCCCC)cc1. The van der Waals surface area contributed by atoms with E-state index in [2.05, 4.69) is 19.2 Å². The molecule has 0 aliphatic carbocycles. The molecule has 0 saturated heterocycles. The van der Waals surface area contributed by atoms with E-state index in [0.29, 0.717) is 78.2 Å². The predicted molar refractivity (Wildman–Crippen MR) is 181 cm³/mol. The third kappa shape index (κ3) is 28.2. The van der Waals surface area contributed by atoms with Crippen molar-refractivity contribution in [3.63, 3.8) is 0 Å². The Hall–Kier alpha value is -1.75. The Morgan fingerprint density at radius 3 is 1.29 bits per heavy atom. The predicted octanol–water partition coefficient (Wildman–Crippen LogP) is 7.47. The van der Waals surface area contributed by atoms with Gasteiger partial charge in [-0.25, -0.2) is 4.79 Å². The van der Waals surface area contributed by atoms with Gasteiger partial charge in [0.25, 0.3) is 0 Å². The standard InChI is InChI=1S/C36H65NO8/c1-3-5-7-8-9-10-11-12-13-14-15-21-39-22-23-40-24-25-41-26-27-42-28-29-43-30-31-44-32-33-45-36(38)34-16-18-35(19-17-34)37-20-6-4-2/h16-19,37H,3-15,20-33H2,1-2H3. The fourth-order valence-electron chi connectivity index (χ4n) is 4.48. The zero-order valence-electron chi connectivity index (χ0n) is 28.7. The number of esters is 1. The molecule has 0 aliphatic rings. The first-order valence-corrected chi connectivity index (χ1v) is 17.8. The molecule has 0 spiro atoms. The van der Waals surface area contributed by atoms with Crippen LogP contribution in [0.3, 0.4) is 0 Å². The van der Waals surface area contributed by atoms with Crippen LogP contribution in [0.5, 0.6) is 0 Å². The maximum absolute atomic E-state index is 12.1. The summed E-state index contributed by atoms with van der Waals surface area (Å²) in [5, 5.41) is 3.32. The van der Waals surface area contributed by atoms with Crippen molar-refractivity contribution in [2.75, 3.05) is 97.8 Å². The molecule has 9 heteroatoms. The Balaban J connectivity index is 1.72. The van der Waals surface area contributed by atoms with Crippen LogP contribution in [0.15, 0.2) is 24.3 Å². The van der Waals surface area contributed by atoms with Crippen LogP contribution >= 0.6 is 0 Å². The van der Waals surface area contributed by atoms with Crippen molar-refractivity contribution in [2.45, 2.75) is 97.3 Å². The molecule has 1 N–H and O–H groups in total. The van der Waals surface area contributed by atoms with Gasteiger partial charge in [-0.2, -0.15) is 0 Å². The molecule has 0 unspecified atom stereocenters. The van der Waals surface area contributed by atoms with Crippen molar-refractivity contribution in [1.82, 2.24) is 0 Å². The molecule has 9 nitrogen and oxygen atoms in total. The summed E-state index contributed by atoms with van der Waals surface area (Å²) in [4.78, 5) is 12.1. The first-order chi connectivity index (χ1) is 22.3. The van der Waals surface area contributed by atoms with Crippen LogP contribution in [0, 0.1) is 0 Å². The fraction of sp³-hybridized carbons (Fsp3) is 0.806. The maximum Gasteiger partial charge on any atom is 0.338 e. The maximum atomic E-state index is 12.1. The van der Waals surface area contributed by atoms with Crippen molar-refractivity contribution in [1.29, 1.82) is 0 Å². The smallest absolute Gasteiger partial charge is 0.338 e. The van der Waals surface area contributed by atoms with E-state index in [1.54, 1.807) is 12.1 Å². The number of carbonyl (C=O) groups is 1. The first-order valence-electron chi connectivity index (χ1n) is 17.8. The monoisotopic (exact) mass is 639 g/mol. The van der Waals surface area contributed by atoms with E-state index in [1.165, 1.54) is 64.2 Å². The van der Waals surface area contributed by atoms with Gasteiger partial charge >= 0.3 is 5.97 Å². The number of ether oxygens (including phenoxy) is 7. The summed E-state index contributed by atoms with van der Waals surface area (Å²) in [6.45, 7) is 12.0. The van der Waals surface area contributed by atoms with Crippen molar-refractivity contribution in [3.05, 3.63) is 29.8 Å². The molecular weight excluding hydrogens is 574 g/mol. The second-order valence-corrected chi connectivity index (χ2v) is 11.2. The third-order valence-corrected chi connectivity index (χ3v) is 7.19. The molecule has 0 heterocycles. The molecule has 0 radical (unpaired) electrons. The number of hydrogen-bond acceptors (Lipinski definition) is 9. The molecule has 45 heavy (non-hydrogen) atoms. The van der Waals surface area contributed by atoms with E-state index in [0.717, 1.165) is 38.1 Å². The molecular formula is C36H65NO8. The van der Waals surface area contributed by atoms with E-state index in [1.807, 2.05) is 12.1 Å². The highest BCUT2D eigenvalue weighted by Gasteiger charge is 2.06. The fourth-order valence-corrected chi connectivity index (χ4v) is 4.48. The minimum absolute atomic E-state index is 0.205. The van der Waals surface area contributed by atoms with E-state index in [4.69, 9.17) is 33.2 Å². The normalized spacial score (nSPS) is 11.2. The highest BCUT2D eigenvalue weighted by Crippen LogP contribution is 2.12. The van der Waals surface area contributed by atoms with Crippen LogP contribution in [0.25, 0.3) is 0 Å². The van der Waals surface area contributed by atoms with Crippen molar-refractivity contribution in [3.8, 4) is 0 Å². The van der Waals surface area contributed by atoms with Crippen molar-refractivity contribution in [2.24, 2.45) is 0 Å². The van der Waals surface area contributed by atoms with E-state index < -0.39 is 0 Å². The van der Waals surface area contributed by atoms with E-state index >= 15 is 0 Å². The molecule has 0 saturated carbocycles. The third-order valence-electron chi connectivity index (χ3n) is 7.19. The average Bonchev–Trinajstić information content (AvgIpc) is 3.06. The number of anilines is 1. The van der Waals surface area contributed by atoms with Crippen LogP contribution in [0.1, 0.15) is 108 Å². The number of hydrogen-bond donors (Lipinski definition) is 1. The van der Waals surface area contributed by atoms with Gasteiger partial charge in [0.2, 0.25) is 0 Å². The molecule has 0 amide bonds. The molecule has 0 aliphatic heterocycles. The molecule has 1 rings (SSSR count). The number of benzene rings is 1. The summed E-state index contributed by atoms with van der Waals surface area (Å²) in [6.07, 6.45) is 17.1. The Bertz CT molecular complexity index is 749. The molecule has 1 aromatic carbocycles. The molecule has 0 atom stereocenters. The number of nitrogens with one attached hydrogen (secondary N) is 1. The Morgan fingerprint density at radius 1 is 0.467 bits per heavy atom. The Labute approximate surface area is 274 Å². The van der Waals surface area contributed by atoms with Gasteiger partial charge in [-0.3, -0.25) is 0 Å². The lowest BCUT2D eigenvalue weighted by molar-refractivity contribution is -0.0194. The second-order valence-electron chi connectivity index (χ2n) is 11.2. The van der Waals surface area contributed by atoms with Gasteiger partial charge in [-0.15, -0.1) is 0 Å². The lowest BCUT2D eigenvalue weighted by Crippen LogP contribution is -2.15. The van der Waals surface area contributed by atoms with Crippen LogP contribution < -0.4 is 5.32 Å². The van der Waals surface area contributed by atoms with E-state index in [9.17, 15) is 4.79 Å². The van der Waals surface area contributed by atoms with Gasteiger partial charge in [0.1, 0.15) is 6.61 Å². The van der Waals surface area contributed by atoms with Crippen LogP contribution in [0.2, 0.25) is 0 Å². The highest BCUT2D eigenvalue weighted by molar-refractivity contribution is 5.89. The second kappa shape index (κ2) is 33.6. The van der Waals surface area contributed by atoms with Crippen LogP contribution in [0.4, 0.5) is 5.69 Å². The molecule has 0 aromatic heterocycles. The summed E-state index contributed by atoms with van der Waals surface area (Å²) < 4.78 is 38.4. The van der Waals surface area contributed by atoms with Gasteiger partial charge in [0, 0.05) is 18.8 Å². The number of rotatable bonds is 35. The minimum Gasteiger partial charge on any atom is -0.460 e. The molecule has 0 fully saturated rings. The number of unbranched alkanes of at least 4 members (excludes halogenated alkanes) is 11. The van der Waals surface area contributed by atoms with Crippen molar-refractivity contribution < 1.29 is 38.0 Å². The van der Waals surface area contributed by atoms with Crippen molar-refractivity contribution >= 4 is 11.7 Å². The largest absolute Gasteiger partial charge is 0.460 e. The average molecular weight is 640 g/mol. The minimum atomic E-state index is -0.349. The van der Waals surface area contributed by atoms with Gasteiger partial charge in [0.05, 0.1) is 78.2 Å². The first kappa shape index (κ1) is 41.3. The Morgan fingerprint density at radius 2 is 0.844 bits per heavy atom. The topological polar surface area (TPSA) is 93.7 Å². The summed E-state index contributed by atoms with van der Waals surface area (Å²) >= 11 is 0. The van der Waals surface area contributed by atoms with Gasteiger partial charge in [-0.05, 0) is 37.1 Å². The quantitative estimate of drug-likeness (QED) is 0.0600. The summed E-state index contributed by atoms with van der Waals surface area (Å²) in [6, 6.07) is 7.33. The summed E-state index contributed by atoms with van der Waals surface area (Å²) in [5.41, 5.74) is 1.54. The Kier molecular flexibility index (Phi) is 30.8. The van der Waals surface area contributed by atoms with Gasteiger partial charge < -0.3 is 38.5 Å². The lowest BCUT2D eigenvalue weighted by Gasteiger charge is -2.09. The van der Waals surface area contributed by atoms with Crippen LogP contribution in [-0.2, 0) is 33.2 Å². The molecule has 1 aromatic rings. The zero-order valence-corrected chi connectivity index (χ0v) is 28.7. The molecule has 0 bridgehead atoms. The highest BCUT2D eigenvalue weighted by atomic mass is 16.6. The summed E-state index contributed by atoms with van der Waals surface area (Å²) in [7, 11) is 0. The number of carbonyl (C=O) groups excluding carboxylic acids is 1. The summed E-state index contributed by atoms with van der Waals surface area (Å²) in [5.74, 6) is -0.349. The van der Waals surface area contributed by atoms with Crippen LogP contribution in [-0.4, -0.2) is 98.4 Å². The lowest BCUT2D eigenvalue weighted by atomic mass is 10.1. The zero-order chi connectivity index (χ0) is 32.3. The van der Waals surface area contributed by atoms with Gasteiger partial charge in [-0.1, -0.05) is 84.5 Å². The molecule has 262 valence electrons.